The summed E-state index contributed by atoms with van der Waals surface area (Å²) in [4.78, 5) is 29.5. The van der Waals surface area contributed by atoms with E-state index in [1.807, 2.05) is 93.6 Å². The van der Waals surface area contributed by atoms with E-state index < -0.39 is 6.04 Å². The lowest BCUT2D eigenvalue weighted by atomic mass is 9.94. The third kappa shape index (κ3) is 7.25. The second-order valence-electron chi connectivity index (χ2n) is 10.5. The van der Waals surface area contributed by atoms with Crippen LogP contribution >= 0.6 is 0 Å². The van der Waals surface area contributed by atoms with Crippen molar-refractivity contribution in [1.82, 2.24) is 10.2 Å². The van der Waals surface area contributed by atoms with Crippen molar-refractivity contribution < 1.29 is 14.3 Å². The Morgan fingerprint density at radius 3 is 2.29 bits per heavy atom. The lowest BCUT2D eigenvalue weighted by Gasteiger charge is -2.33. The van der Waals surface area contributed by atoms with Gasteiger partial charge in [0.25, 0.3) is 5.91 Å². The van der Waals surface area contributed by atoms with Gasteiger partial charge < -0.3 is 15.0 Å². The minimum absolute atomic E-state index is 0.0885. The van der Waals surface area contributed by atoms with Crippen LogP contribution < -0.4 is 10.1 Å². The van der Waals surface area contributed by atoms with Crippen LogP contribution in [0.1, 0.15) is 59.9 Å². The summed E-state index contributed by atoms with van der Waals surface area (Å²) in [5.74, 6) is 0.406. The zero-order chi connectivity index (χ0) is 26.9. The largest absolute Gasteiger partial charge is 0.483 e. The zero-order valence-corrected chi connectivity index (χ0v) is 22.9. The number of ether oxygens (including phenoxy) is 1. The number of benzene rings is 3. The Hall–Kier alpha value is -3.60. The molecule has 0 radical (unpaired) electrons. The predicted octanol–water partition coefficient (Wildman–Crippen LogP) is 6.08. The van der Waals surface area contributed by atoms with Crippen LogP contribution in [0.3, 0.4) is 0 Å². The van der Waals surface area contributed by atoms with Crippen LogP contribution in [0.15, 0.2) is 72.8 Å². The van der Waals surface area contributed by atoms with Crippen molar-refractivity contribution in [1.29, 1.82) is 0 Å². The first kappa shape index (κ1) is 27.4. The minimum atomic E-state index is -0.645. The van der Waals surface area contributed by atoms with Gasteiger partial charge in [0.05, 0.1) is 0 Å². The van der Waals surface area contributed by atoms with Gasteiger partial charge in [-0.05, 0) is 67.5 Å². The molecule has 1 aliphatic carbocycles. The molecule has 0 unspecified atom stereocenters. The summed E-state index contributed by atoms with van der Waals surface area (Å²) < 4.78 is 6.04. The van der Waals surface area contributed by atoms with Gasteiger partial charge in [-0.1, -0.05) is 86.0 Å². The quantitative estimate of drug-likeness (QED) is 0.358. The van der Waals surface area contributed by atoms with E-state index in [1.165, 1.54) is 6.42 Å². The highest BCUT2D eigenvalue weighted by molar-refractivity contribution is 5.88. The summed E-state index contributed by atoms with van der Waals surface area (Å²) in [7, 11) is 0. The second-order valence-corrected chi connectivity index (χ2v) is 10.5. The Morgan fingerprint density at radius 1 is 0.868 bits per heavy atom. The molecule has 38 heavy (non-hydrogen) atoms. The molecular weight excluding hydrogens is 472 g/mol. The molecule has 0 aliphatic heterocycles. The molecule has 0 bridgehead atoms. The van der Waals surface area contributed by atoms with Crippen LogP contribution in [-0.2, 0) is 22.6 Å². The maximum atomic E-state index is 13.9. The molecular formula is C33H40N2O3. The summed E-state index contributed by atoms with van der Waals surface area (Å²) in [6.45, 7) is 6.28. The van der Waals surface area contributed by atoms with Crippen LogP contribution in [0.2, 0.25) is 0 Å². The van der Waals surface area contributed by atoms with E-state index >= 15 is 0 Å². The Bertz CT molecular complexity index is 1220. The van der Waals surface area contributed by atoms with Gasteiger partial charge in [-0.2, -0.15) is 0 Å². The Labute approximate surface area is 227 Å². The number of nitrogens with zero attached hydrogens (tertiary/aromatic N) is 1. The third-order valence-corrected chi connectivity index (χ3v) is 7.73. The van der Waals surface area contributed by atoms with E-state index in [0.29, 0.717) is 18.7 Å². The summed E-state index contributed by atoms with van der Waals surface area (Å²) >= 11 is 0. The normalized spacial score (nSPS) is 14.5. The first-order valence-electron chi connectivity index (χ1n) is 13.8. The Kier molecular flexibility index (Phi) is 9.58. The fourth-order valence-corrected chi connectivity index (χ4v) is 5.17. The van der Waals surface area contributed by atoms with Gasteiger partial charge in [0, 0.05) is 19.0 Å². The molecule has 0 saturated heterocycles. The molecule has 1 aliphatic rings. The van der Waals surface area contributed by atoms with Gasteiger partial charge in [-0.25, -0.2) is 0 Å². The number of hydrogen-bond donors (Lipinski definition) is 1. The highest BCUT2D eigenvalue weighted by atomic mass is 16.5. The van der Waals surface area contributed by atoms with Crippen molar-refractivity contribution >= 4 is 11.8 Å². The molecule has 3 aromatic rings. The lowest BCUT2D eigenvalue weighted by Crippen LogP contribution is -2.53. The predicted molar refractivity (Wildman–Crippen MR) is 152 cm³/mol. The van der Waals surface area contributed by atoms with Crippen molar-refractivity contribution in [3.63, 3.8) is 0 Å². The fraction of sp³-hybridized carbons (Fsp3) is 0.394. The molecule has 5 nitrogen and oxygen atoms in total. The van der Waals surface area contributed by atoms with Crippen LogP contribution in [0.4, 0.5) is 0 Å². The molecule has 2 amide bonds. The van der Waals surface area contributed by atoms with Gasteiger partial charge in [0.2, 0.25) is 5.91 Å². The van der Waals surface area contributed by atoms with Gasteiger partial charge in [0.1, 0.15) is 11.8 Å². The molecule has 5 heteroatoms. The van der Waals surface area contributed by atoms with Gasteiger partial charge in [-0.3, -0.25) is 9.59 Å². The number of amides is 2. The average molecular weight is 513 g/mol. The maximum Gasteiger partial charge on any atom is 0.261 e. The van der Waals surface area contributed by atoms with Crippen LogP contribution in [-0.4, -0.2) is 35.4 Å². The summed E-state index contributed by atoms with van der Waals surface area (Å²) in [5.41, 5.74) is 5.26. The van der Waals surface area contributed by atoms with E-state index in [1.54, 1.807) is 4.90 Å². The minimum Gasteiger partial charge on any atom is -0.483 e. The second kappa shape index (κ2) is 13.3. The highest BCUT2D eigenvalue weighted by Crippen LogP contribution is 2.23. The number of carbonyl (C=O) groups excluding carboxylic acids is 2. The van der Waals surface area contributed by atoms with Crippen molar-refractivity contribution in [2.24, 2.45) is 0 Å². The van der Waals surface area contributed by atoms with Crippen LogP contribution in [0, 0.1) is 20.8 Å². The number of hydrogen-bond acceptors (Lipinski definition) is 3. The number of carbonyl (C=O) groups is 2. The van der Waals surface area contributed by atoms with Crippen molar-refractivity contribution in [3.05, 3.63) is 101 Å². The van der Waals surface area contributed by atoms with Gasteiger partial charge in [0.15, 0.2) is 6.61 Å². The Balaban J connectivity index is 1.63. The van der Waals surface area contributed by atoms with Gasteiger partial charge in [-0.15, -0.1) is 0 Å². The lowest BCUT2D eigenvalue weighted by molar-refractivity contribution is -0.143. The topological polar surface area (TPSA) is 58.6 Å². The molecule has 0 spiro atoms. The molecule has 1 atom stereocenters. The van der Waals surface area contributed by atoms with E-state index in [2.05, 4.69) is 5.32 Å². The molecule has 200 valence electrons. The molecule has 0 aromatic heterocycles. The third-order valence-electron chi connectivity index (χ3n) is 7.73. The monoisotopic (exact) mass is 512 g/mol. The van der Waals surface area contributed by atoms with Gasteiger partial charge >= 0.3 is 0 Å². The summed E-state index contributed by atoms with van der Waals surface area (Å²) in [6, 6.07) is 23.4. The Morgan fingerprint density at radius 2 is 1.55 bits per heavy atom. The average Bonchev–Trinajstić information content (AvgIpc) is 2.93. The van der Waals surface area contributed by atoms with Crippen LogP contribution in [0.5, 0.6) is 5.75 Å². The van der Waals surface area contributed by atoms with Crippen molar-refractivity contribution in [2.75, 3.05) is 6.61 Å². The van der Waals surface area contributed by atoms with E-state index in [4.69, 9.17) is 4.74 Å². The van der Waals surface area contributed by atoms with Crippen molar-refractivity contribution in [2.45, 2.75) is 77.9 Å². The number of aryl methyl sites for hydroxylation is 2. The van der Waals surface area contributed by atoms with E-state index in [0.717, 1.165) is 53.5 Å². The molecule has 1 fully saturated rings. The molecule has 1 N–H and O–H groups in total. The smallest absolute Gasteiger partial charge is 0.261 e. The standard InChI is InChI=1S/C33H40N2O3/c1-24-14-12-20-31(26(24)3)38-23-32(36)35(22-28-17-11-10-13-25(28)2)30(21-27-15-6-4-7-16-27)33(37)34-29-18-8-5-9-19-29/h4,6-7,10-17,20,29-30H,5,8-9,18-19,21-23H2,1-3H3,(H,34,37)/t30-/m0/s1. The molecule has 4 rings (SSSR count). The first-order chi connectivity index (χ1) is 18.4. The summed E-state index contributed by atoms with van der Waals surface area (Å²) in [5, 5.41) is 3.29. The maximum absolute atomic E-state index is 13.9. The molecule has 3 aromatic carbocycles. The fourth-order valence-electron chi connectivity index (χ4n) is 5.17. The van der Waals surface area contributed by atoms with Crippen molar-refractivity contribution in [3.8, 4) is 5.75 Å². The van der Waals surface area contributed by atoms with Crippen LogP contribution in [0.25, 0.3) is 0 Å². The van der Waals surface area contributed by atoms with E-state index in [9.17, 15) is 9.59 Å². The highest BCUT2D eigenvalue weighted by Gasteiger charge is 2.32. The zero-order valence-electron chi connectivity index (χ0n) is 22.9. The SMILES string of the molecule is Cc1ccccc1CN(C(=O)COc1cccc(C)c1C)[C@@H](Cc1ccccc1)C(=O)NC1CCCCC1. The first-order valence-corrected chi connectivity index (χ1v) is 13.8. The molecule has 0 heterocycles. The number of nitrogens with one attached hydrogen (secondary N) is 1. The number of rotatable bonds is 10. The molecule has 1 saturated carbocycles. The summed E-state index contributed by atoms with van der Waals surface area (Å²) in [6.07, 6.45) is 5.90. The van der Waals surface area contributed by atoms with E-state index in [-0.39, 0.29) is 24.5 Å².